The molecule has 0 aliphatic carbocycles. The molecule has 1 N–H and O–H groups in total. The van der Waals surface area contributed by atoms with Crippen molar-refractivity contribution in [2.75, 3.05) is 6.26 Å². The Balaban J connectivity index is 1.74. The number of furan rings is 1. The van der Waals surface area contributed by atoms with E-state index in [9.17, 15) is 4.79 Å². The van der Waals surface area contributed by atoms with Gasteiger partial charge in [0.15, 0.2) is 11.6 Å². The second kappa shape index (κ2) is 6.45. The molecule has 2 aromatic heterocycles. The van der Waals surface area contributed by atoms with Crippen LogP contribution in [0.15, 0.2) is 27.1 Å². The number of amides is 1. The highest BCUT2D eigenvalue weighted by atomic mass is 32.2. The maximum absolute atomic E-state index is 12.3. The van der Waals surface area contributed by atoms with Gasteiger partial charge in [-0.3, -0.25) is 4.79 Å². The number of nitrogens with zero attached hydrogens (tertiary/aromatic N) is 2. The lowest BCUT2D eigenvalue weighted by Crippen LogP contribution is -2.23. The van der Waals surface area contributed by atoms with Crippen molar-refractivity contribution in [1.82, 2.24) is 15.5 Å². The first-order chi connectivity index (χ1) is 11.1. The molecule has 0 aliphatic heterocycles. The Hall–Kier alpha value is -2.28. The summed E-state index contributed by atoms with van der Waals surface area (Å²) in [6.07, 6.45) is 1.96. The summed E-state index contributed by atoms with van der Waals surface area (Å²) in [4.78, 5) is 16.5. The van der Waals surface area contributed by atoms with E-state index >= 15 is 0 Å². The smallest absolute Gasteiger partial charge is 0.287 e. The predicted octanol–water partition coefficient (Wildman–Crippen LogP) is 3.23. The second-order valence-corrected chi connectivity index (χ2v) is 6.14. The lowest BCUT2D eigenvalue weighted by molar-refractivity contribution is 0.0920. The van der Waals surface area contributed by atoms with Crippen molar-refractivity contribution in [3.63, 3.8) is 0 Å². The summed E-state index contributed by atoms with van der Waals surface area (Å²) in [5.41, 5.74) is 2.63. The Kier molecular flexibility index (Phi) is 4.38. The summed E-state index contributed by atoms with van der Waals surface area (Å²) in [7, 11) is 0. The third-order valence-corrected chi connectivity index (χ3v) is 4.03. The zero-order valence-electron chi connectivity index (χ0n) is 13.2. The fourth-order valence-electron chi connectivity index (χ4n) is 2.34. The topological polar surface area (TPSA) is 81.2 Å². The number of hydrogen-bond donors (Lipinski definition) is 1. The quantitative estimate of drug-likeness (QED) is 0.773. The average Bonchev–Trinajstić information content (AvgIpc) is 3.10. The van der Waals surface area contributed by atoms with E-state index in [1.807, 2.05) is 38.3 Å². The molecule has 0 fully saturated rings. The van der Waals surface area contributed by atoms with Gasteiger partial charge in [-0.1, -0.05) is 17.3 Å². The second-order valence-electron chi connectivity index (χ2n) is 5.28. The van der Waals surface area contributed by atoms with Gasteiger partial charge in [0.25, 0.3) is 5.91 Å². The minimum absolute atomic E-state index is 0.176. The number of aryl methyl sites for hydroxylation is 2. The van der Waals surface area contributed by atoms with Gasteiger partial charge in [-0.25, -0.2) is 0 Å². The normalized spacial score (nSPS) is 11.1. The first kappa shape index (κ1) is 15.6. The molecule has 120 valence electrons. The maximum atomic E-state index is 12.3. The molecule has 0 bridgehead atoms. The van der Waals surface area contributed by atoms with Crippen LogP contribution >= 0.6 is 11.8 Å². The molecular weight excluding hydrogens is 314 g/mol. The lowest BCUT2D eigenvalue weighted by Gasteiger charge is -1.99. The molecule has 6 nitrogen and oxygen atoms in total. The zero-order chi connectivity index (χ0) is 16.4. The van der Waals surface area contributed by atoms with Crippen LogP contribution < -0.4 is 5.32 Å². The molecule has 3 aromatic rings. The van der Waals surface area contributed by atoms with Gasteiger partial charge in [-0.15, -0.1) is 0 Å². The Labute approximate surface area is 137 Å². The third-order valence-electron chi connectivity index (χ3n) is 3.48. The van der Waals surface area contributed by atoms with Gasteiger partial charge in [0.2, 0.25) is 5.89 Å². The van der Waals surface area contributed by atoms with Gasteiger partial charge in [-0.05, 0) is 31.7 Å². The first-order valence-electron chi connectivity index (χ1n) is 7.17. The molecule has 0 atom stereocenters. The predicted molar refractivity (Wildman–Crippen MR) is 88.4 cm³/mol. The van der Waals surface area contributed by atoms with Crippen molar-refractivity contribution in [3.05, 3.63) is 46.8 Å². The van der Waals surface area contributed by atoms with Crippen LogP contribution in [-0.4, -0.2) is 22.3 Å². The minimum atomic E-state index is -0.291. The van der Waals surface area contributed by atoms with E-state index < -0.39 is 0 Å². The molecule has 1 amide bonds. The van der Waals surface area contributed by atoms with Crippen molar-refractivity contribution >= 4 is 28.6 Å². The van der Waals surface area contributed by atoms with Crippen molar-refractivity contribution in [3.8, 4) is 0 Å². The van der Waals surface area contributed by atoms with Crippen LogP contribution in [0.2, 0.25) is 0 Å². The molecule has 23 heavy (non-hydrogen) atoms. The summed E-state index contributed by atoms with van der Waals surface area (Å²) in [5, 5.41) is 7.53. The van der Waals surface area contributed by atoms with E-state index in [-0.39, 0.29) is 12.5 Å². The number of thioether (sulfide) groups is 1. The van der Waals surface area contributed by atoms with Crippen LogP contribution in [0.25, 0.3) is 11.0 Å². The summed E-state index contributed by atoms with van der Waals surface area (Å²) in [6, 6.07) is 5.89. The minimum Gasteiger partial charge on any atom is -0.451 e. The van der Waals surface area contributed by atoms with Gasteiger partial charge in [0, 0.05) is 10.9 Å². The van der Waals surface area contributed by atoms with Gasteiger partial charge >= 0.3 is 0 Å². The summed E-state index contributed by atoms with van der Waals surface area (Å²) < 4.78 is 10.8. The fraction of sp³-hybridized carbons (Fsp3) is 0.312. The molecule has 3 rings (SSSR count). The maximum Gasteiger partial charge on any atom is 0.287 e. The molecule has 0 saturated carbocycles. The van der Waals surface area contributed by atoms with E-state index in [1.165, 1.54) is 0 Å². The molecule has 7 heteroatoms. The van der Waals surface area contributed by atoms with E-state index in [0.29, 0.717) is 28.8 Å². The van der Waals surface area contributed by atoms with Crippen molar-refractivity contribution in [1.29, 1.82) is 0 Å². The van der Waals surface area contributed by atoms with Crippen LogP contribution in [0.1, 0.15) is 33.4 Å². The van der Waals surface area contributed by atoms with Crippen LogP contribution in [0.4, 0.5) is 0 Å². The molecular formula is C16H17N3O3S. The van der Waals surface area contributed by atoms with Crippen LogP contribution in [0, 0.1) is 13.8 Å². The average molecular weight is 331 g/mol. The lowest BCUT2D eigenvalue weighted by atomic mass is 10.1. The highest BCUT2D eigenvalue weighted by molar-refractivity contribution is 7.97. The van der Waals surface area contributed by atoms with E-state index in [0.717, 1.165) is 16.5 Å². The molecule has 2 heterocycles. The fourth-order valence-corrected chi connectivity index (χ4v) is 2.71. The molecule has 0 aliphatic rings. The number of aromatic nitrogens is 2. The number of carbonyl (C=O) groups is 1. The van der Waals surface area contributed by atoms with Crippen molar-refractivity contribution in [2.45, 2.75) is 26.1 Å². The molecule has 0 saturated heterocycles. The highest BCUT2D eigenvalue weighted by Crippen LogP contribution is 2.26. The van der Waals surface area contributed by atoms with Gasteiger partial charge < -0.3 is 14.3 Å². The van der Waals surface area contributed by atoms with Crippen LogP contribution in [0.5, 0.6) is 0 Å². The Bertz CT molecular complexity index is 853. The van der Waals surface area contributed by atoms with Gasteiger partial charge in [0.1, 0.15) is 5.58 Å². The van der Waals surface area contributed by atoms with Crippen LogP contribution in [-0.2, 0) is 12.3 Å². The number of carbonyl (C=O) groups excluding carboxylic acids is 1. The number of fused-ring (bicyclic) bond motifs is 1. The van der Waals surface area contributed by atoms with E-state index in [1.54, 1.807) is 11.8 Å². The largest absolute Gasteiger partial charge is 0.451 e. The number of benzene rings is 1. The van der Waals surface area contributed by atoms with Crippen molar-refractivity contribution in [2.24, 2.45) is 0 Å². The monoisotopic (exact) mass is 331 g/mol. The summed E-state index contributed by atoms with van der Waals surface area (Å²) >= 11 is 1.61. The van der Waals surface area contributed by atoms with Crippen molar-refractivity contribution < 1.29 is 13.7 Å². The highest BCUT2D eigenvalue weighted by Gasteiger charge is 2.18. The number of nitrogens with one attached hydrogen (secondary N) is 1. The number of hydrogen-bond acceptors (Lipinski definition) is 6. The molecule has 1 aromatic carbocycles. The zero-order valence-corrected chi connectivity index (χ0v) is 14.0. The number of rotatable bonds is 5. The standard InChI is InChI=1S/C16H17N3O3S/c1-9-4-5-11-10(2)15(21-12(11)6-9)16(20)17-7-14-18-13(8-23-3)19-22-14/h4-6H,7-8H2,1-3H3,(H,17,20). The van der Waals surface area contributed by atoms with Gasteiger partial charge in [-0.2, -0.15) is 16.7 Å². The third kappa shape index (κ3) is 3.24. The van der Waals surface area contributed by atoms with Gasteiger partial charge in [0.05, 0.1) is 12.3 Å². The Morgan fingerprint density at radius 3 is 2.96 bits per heavy atom. The molecule has 0 spiro atoms. The molecule has 0 radical (unpaired) electrons. The molecule has 0 unspecified atom stereocenters. The van der Waals surface area contributed by atoms with E-state index in [2.05, 4.69) is 15.5 Å². The van der Waals surface area contributed by atoms with E-state index in [4.69, 9.17) is 8.94 Å². The SMILES string of the molecule is CSCc1noc(CNC(=O)c2oc3cc(C)ccc3c2C)n1. The summed E-state index contributed by atoms with van der Waals surface area (Å²) in [6.45, 7) is 4.04. The van der Waals surface area contributed by atoms with Crippen LogP contribution in [0.3, 0.4) is 0 Å². The first-order valence-corrected chi connectivity index (χ1v) is 8.56. The summed E-state index contributed by atoms with van der Waals surface area (Å²) in [5.74, 6) is 1.71. The Morgan fingerprint density at radius 1 is 1.35 bits per heavy atom. The Morgan fingerprint density at radius 2 is 2.17 bits per heavy atom.